The van der Waals surface area contributed by atoms with Crippen LogP contribution >= 0.6 is 22.6 Å². The molecule has 230 valence electrons. The van der Waals surface area contributed by atoms with Gasteiger partial charge in [-0.2, -0.15) is 0 Å². The Balaban J connectivity index is 1.15. The lowest BCUT2D eigenvalue weighted by molar-refractivity contribution is 0.0611. The fraction of sp³-hybridized carbons (Fsp3) is 0.400. The van der Waals surface area contributed by atoms with Crippen LogP contribution in [-0.2, 0) is 11.3 Å². The Bertz CT molecular complexity index is 1690. The largest absolute Gasteiger partial charge is 0.496 e. The Labute approximate surface area is 271 Å². The maximum Gasteiger partial charge on any atom is 0.256 e. The number of hydrogen-bond acceptors (Lipinski definition) is 6. The van der Waals surface area contributed by atoms with Gasteiger partial charge in [-0.05, 0) is 97.7 Å². The molecule has 1 aliphatic heterocycles. The SMILES string of the molecule is COc1cc2c(O[C@H]3CC[C@H](NC(=O)c4cn(CC5CCOCC5)cc(-c5ccc(C)cc5)c4=O)CC3)ccnc2cc1I. The first-order valence-electron chi connectivity index (χ1n) is 15.4. The minimum Gasteiger partial charge on any atom is -0.496 e. The molecule has 0 radical (unpaired) electrons. The lowest BCUT2D eigenvalue weighted by Gasteiger charge is -2.30. The first kappa shape index (κ1) is 30.6. The molecule has 9 heteroatoms. The van der Waals surface area contributed by atoms with Crippen LogP contribution in [0.3, 0.4) is 0 Å². The van der Waals surface area contributed by atoms with Crippen LogP contribution in [0.1, 0.15) is 54.4 Å². The molecule has 44 heavy (non-hydrogen) atoms. The van der Waals surface area contributed by atoms with Crippen molar-refractivity contribution >= 4 is 39.4 Å². The molecule has 0 atom stereocenters. The van der Waals surface area contributed by atoms with Crippen LogP contribution in [0.4, 0.5) is 0 Å². The van der Waals surface area contributed by atoms with E-state index in [2.05, 4.69) is 32.9 Å². The van der Waals surface area contributed by atoms with Crippen molar-refractivity contribution < 1.29 is 19.0 Å². The van der Waals surface area contributed by atoms with Gasteiger partial charge in [-0.25, -0.2) is 0 Å². The third-order valence-electron chi connectivity index (χ3n) is 8.77. The molecule has 2 fully saturated rings. The van der Waals surface area contributed by atoms with Gasteiger partial charge < -0.3 is 24.1 Å². The Hall–Kier alpha value is -3.44. The number of rotatable bonds is 8. The summed E-state index contributed by atoms with van der Waals surface area (Å²) in [4.78, 5) is 31.8. The molecule has 2 aliphatic rings. The summed E-state index contributed by atoms with van der Waals surface area (Å²) in [5.74, 6) is 1.72. The molecule has 1 N–H and O–H groups in total. The van der Waals surface area contributed by atoms with Crippen molar-refractivity contribution in [3.63, 3.8) is 0 Å². The second-order valence-corrected chi connectivity index (χ2v) is 13.1. The molecule has 6 rings (SSSR count). The average Bonchev–Trinajstić information content (AvgIpc) is 3.03. The molecule has 0 spiro atoms. The number of benzene rings is 2. The van der Waals surface area contributed by atoms with Crippen LogP contribution in [0.15, 0.2) is 65.8 Å². The van der Waals surface area contributed by atoms with Gasteiger partial charge in [-0.15, -0.1) is 0 Å². The fourth-order valence-electron chi connectivity index (χ4n) is 6.21. The molecule has 4 aromatic rings. The van der Waals surface area contributed by atoms with E-state index in [1.807, 2.05) is 60.2 Å². The van der Waals surface area contributed by atoms with Crippen molar-refractivity contribution in [2.75, 3.05) is 20.3 Å². The highest BCUT2D eigenvalue weighted by Crippen LogP contribution is 2.34. The van der Waals surface area contributed by atoms with E-state index in [0.717, 1.165) is 95.4 Å². The van der Waals surface area contributed by atoms with Gasteiger partial charge >= 0.3 is 0 Å². The van der Waals surface area contributed by atoms with Gasteiger partial charge in [0, 0.05) is 55.3 Å². The second-order valence-electron chi connectivity index (χ2n) is 11.9. The Kier molecular flexibility index (Phi) is 9.51. The van der Waals surface area contributed by atoms with Crippen LogP contribution in [0.2, 0.25) is 0 Å². The smallest absolute Gasteiger partial charge is 0.256 e. The van der Waals surface area contributed by atoms with E-state index in [-0.39, 0.29) is 29.0 Å². The predicted molar refractivity (Wildman–Crippen MR) is 180 cm³/mol. The summed E-state index contributed by atoms with van der Waals surface area (Å²) in [5, 5.41) is 4.10. The maximum absolute atomic E-state index is 13.7. The third kappa shape index (κ3) is 6.94. The molecule has 2 aromatic heterocycles. The zero-order valence-electron chi connectivity index (χ0n) is 25.2. The number of nitrogens with zero attached hydrogens (tertiary/aromatic N) is 2. The number of ether oxygens (including phenoxy) is 3. The highest BCUT2D eigenvalue weighted by molar-refractivity contribution is 14.1. The molecular formula is C35H38IN3O5. The van der Waals surface area contributed by atoms with Crippen molar-refractivity contribution in [1.82, 2.24) is 14.9 Å². The Morgan fingerprint density at radius 2 is 1.77 bits per heavy atom. The number of pyridine rings is 2. The second kappa shape index (κ2) is 13.7. The minimum absolute atomic E-state index is 0.0235. The third-order valence-corrected chi connectivity index (χ3v) is 9.62. The van der Waals surface area contributed by atoms with E-state index in [1.165, 1.54) is 0 Å². The van der Waals surface area contributed by atoms with E-state index in [1.54, 1.807) is 19.5 Å². The number of halogens is 1. The maximum atomic E-state index is 13.7. The van der Waals surface area contributed by atoms with E-state index < -0.39 is 0 Å². The molecule has 1 saturated heterocycles. The van der Waals surface area contributed by atoms with Crippen LogP contribution in [0, 0.1) is 16.4 Å². The molecule has 1 saturated carbocycles. The number of nitrogens with one attached hydrogen (secondary N) is 1. The quantitative estimate of drug-likeness (QED) is 0.210. The van der Waals surface area contributed by atoms with Crippen molar-refractivity contribution in [2.45, 2.75) is 64.1 Å². The van der Waals surface area contributed by atoms with Gasteiger partial charge in [-0.3, -0.25) is 14.6 Å². The van der Waals surface area contributed by atoms with Gasteiger partial charge in [0.15, 0.2) is 0 Å². The summed E-state index contributed by atoms with van der Waals surface area (Å²) >= 11 is 2.25. The zero-order chi connectivity index (χ0) is 30.6. The summed E-state index contributed by atoms with van der Waals surface area (Å²) in [6.45, 7) is 4.27. The van der Waals surface area contributed by atoms with Crippen LogP contribution in [0.25, 0.3) is 22.0 Å². The first-order valence-corrected chi connectivity index (χ1v) is 16.4. The normalized spacial score (nSPS) is 19.1. The van der Waals surface area contributed by atoms with Gasteiger partial charge in [0.2, 0.25) is 5.43 Å². The molecule has 8 nitrogen and oxygen atoms in total. The summed E-state index contributed by atoms with van der Waals surface area (Å²) in [5.41, 5.74) is 3.32. The Morgan fingerprint density at radius 3 is 2.50 bits per heavy atom. The van der Waals surface area contributed by atoms with Crippen LogP contribution in [0.5, 0.6) is 11.5 Å². The molecule has 3 heterocycles. The van der Waals surface area contributed by atoms with Crippen LogP contribution in [-0.4, -0.2) is 47.9 Å². The monoisotopic (exact) mass is 707 g/mol. The van der Waals surface area contributed by atoms with Crippen molar-refractivity contribution in [1.29, 1.82) is 0 Å². The van der Waals surface area contributed by atoms with Crippen LogP contribution < -0.4 is 20.2 Å². The van der Waals surface area contributed by atoms with Gasteiger partial charge in [0.25, 0.3) is 5.91 Å². The molecule has 0 unspecified atom stereocenters. The van der Waals surface area contributed by atoms with Crippen molar-refractivity contribution in [2.24, 2.45) is 5.92 Å². The predicted octanol–water partition coefficient (Wildman–Crippen LogP) is 6.53. The zero-order valence-corrected chi connectivity index (χ0v) is 27.3. The Morgan fingerprint density at radius 1 is 1.02 bits per heavy atom. The number of methoxy groups -OCH3 is 1. The number of amides is 1. The minimum atomic E-state index is -0.309. The van der Waals surface area contributed by atoms with Gasteiger partial charge in [0.1, 0.15) is 17.1 Å². The number of carbonyl (C=O) groups excluding carboxylic acids is 1. The summed E-state index contributed by atoms with van der Waals surface area (Å²) < 4.78 is 20.5. The molecule has 2 aromatic carbocycles. The molecule has 0 bridgehead atoms. The first-order chi connectivity index (χ1) is 21.4. The van der Waals surface area contributed by atoms with Gasteiger partial charge in [-0.1, -0.05) is 29.8 Å². The van der Waals surface area contributed by atoms with E-state index >= 15 is 0 Å². The van der Waals surface area contributed by atoms with E-state index in [0.29, 0.717) is 11.5 Å². The van der Waals surface area contributed by atoms with E-state index in [4.69, 9.17) is 14.2 Å². The summed E-state index contributed by atoms with van der Waals surface area (Å²) in [6.07, 6.45) is 10.5. The summed E-state index contributed by atoms with van der Waals surface area (Å²) in [7, 11) is 1.66. The number of carbonyl (C=O) groups is 1. The highest BCUT2D eigenvalue weighted by Gasteiger charge is 2.26. The molecule has 1 amide bonds. The molecular weight excluding hydrogens is 669 g/mol. The number of fused-ring (bicyclic) bond motifs is 1. The standard InChI is InChI=1S/C35H38IN3O5/c1-22-3-5-24(6-4-22)28-20-39(19-23-12-15-43-16-13-23)21-29(34(28)40)35(41)38-25-7-9-26(10-8-25)44-32-11-14-37-31-18-30(36)33(42-2)17-27(31)32/h3-6,11,14,17-18,20-21,23,25-26H,7-10,12-13,15-16,19H2,1-2H3,(H,38,41)/t25-,26-. The lowest BCUT2D eigenvalue weighted by Crippen LogP contribution is -2.41. The van der Waals surface area contributed by atoms with Crippen molar-refractivity contribution in [3.05, 3.63) is 86.0 Å². The topological polar surface area (TPSA) is 91.7 Å². The fourth-order valence-corrected chi connectivity index (χ4v) is 6.88. The lowest BCUT2D eigenvalue weighted by atomic mass is 9.92. The molecule has 1 aliphatic carbocycles. The number of hydrogen-bond donors (Lipinski definition) is 1. The van der Waals surface area contributed by atoms with Gasteiger partial charge in [0.05, 0.1) is 22.3 Å². The highest BCUT2D eigenvalue weighted by atomic mass is 127. The average molecular weight is 708 g/mol. The number of aromatic nitrogens is 2. The van der Waals surface area contributed by atoms with E-state index in [9.17, 15) is 9.59 Å². The number of aryl methyl sites for hydroxylation is 1. The van der Waals surface area contributed by atoms with Crippen molar-refractivity contribution in [3.8, 4) is 22.6 Å². The summed E-state index contributed by atoms with van der Waals surface area (Å²) in [6, 6.07) is 13.8.